The lowest BCUT2D eigenvalue weighted by molar-refractivity contribution is 0.0599. The summed E-state index contributed by atoms with van der Waals surface area (Å²) in [6.45, 7) is 4.16. The monoisotopic (exact) mass is 343 g/mol. The molecule has 2 rings (SSSR count). The van der Waals surface area contributed by atoms with Gasteiger partial charge in [0, 0.05) is 12.2 Å². The van der Waals surface area contributed by atoms with Gasteiger partial charge in [-0.05, 0) is 39.1 Å². The van der Waals surface area contributed by atoms with E-state index < -0.39 is 5.97 Å². The highest BCUT2D eigenvalue weighted by molar-refractivity contribution is 6.00. The first-order valence-electron chi connectivity index (χ1n) is 8.13. The third-order valence-corrected chi connectivity index (χ3v) is 4.11. The summed E-state index contributed by atoms with van der Waals surface area (Å²) in [7, 11) is 5.25. The molecule has 0 bridgehead atoms. The van der Waals surface area contributed by atoms with E-state index in [1.807, 2.05) is 49.3 Å². The van der Waals surface area contributed by atoms with Crippen molar-refractivity contribution in [3.8, 4) is 0 Å². The van der Waals surface area contributed by atoms with Crippen LogP contribution in [0.25, 0.3) is 0 Å². The summed E-state index contributed by atoms with van der Waals surface area (Å²) in [5.41, 5.74) is 3.05. The van der Waals surface area contributed by atoms with Gasteiger partial charge >= 0.3 is 5.97 Å². The summed E-state index contributed by atoms with van der Waals surface area (Å²) in [4.78, 5) is 29.7. The number of esters is 1. The van der Waals surface area contributed by atoms with Crippen LogP contribution in [0.3, 0.4) is 0 Å². The molecule has 2 N–H and O–H groups in total. The molecule has 0 spiro atoms. The number of aryl methyl sites for hydroxylation is 1. The van der Waals surface area contributed by atoms with E-state index in [-0.39, 0.29) is 11.9 Å². The van der Waals surface area contributed by atoms with Gasteiger partial charge in [-0.15, -0.1) is 0 Å². The number of hydrogen-bond acceptors (Lipinski definition) is 4. The van der Waals surface area contributed by atoms with E-state index in [2.05, 4.69) is 10.3 Å². The van der Waals surface area contributed by atoms with E-state index in [9.17, 15) is 9.59 Å². The van der Waals surface area contributed by atoms with Gasteiger partial charge in [0.1, 0.15) is 5.69 Å². The number of aromatic amines is 1. The van der Waals surface area contributed by atoms with Crippen molar-refractivity contribution in [1.82, 2.24) is 15.2 Å². The molecular weight excluding hydrogens is 318 g/mol. The van der Waals surface area contributed by atoms with Gasteiger partial charge in [0.15, 0.2) is 0 Å². The first kappa shape index (κ1) is 18.7. The zero-order valence-corrected chi connectivity index (χ0v) is 15.3. The van der Waals surface area contributed by atoms with Crippen molar-refractivity contribution in [1.29, 1.82) is 0 Å². The molecule has 25 heavy (non-hydrogen) atoms. The van der Waals surface area contributed by atoms with Gasteiger partial charge in [0.25, 0.3) is 5.91 Å². The van der Waals surface area contributed by atoms with Crippen molar-refractivity contribution < 1.29 is 14.3 Å². The Labute approximate surface area is 148 Å². The Bertz CT molecular complexity index is 751. The molecule has 1 atom stereocenters. The quantitative estimate of drug-likeness (QED) is 0.790. The van der Waals surface area contributed by atoms with Gasteiger partial charge in [-0.2, -0.15) is 0 Å². The number of carbonyl (C=O) groups excluding carboxylic acids is 2. The van der Waals surface area contributed by atoms with Crippen LogP contribution >= 0.6 is 0 Å². The number of likely N-dealkylation sites (N-methyl/N-ethyl adjacent to an activating group) is 1. The highest BCUT2D eigenvalue weighted by Gasteiger charge is 2.24. The van der Waals surface area contributed by atoms with Crippen LogP contribution in [0.4, 0.5) is 0 Å². The average Bonchev–Trinajstić information content (AvgIpc) is 2.88. The Kier molecular flexibility index (Phi) is 5.98. The molecule has 1 aromatic carbocycles. The lowest BCUT2D eigenvalue weighted by Gasteiger charge is -2.22. The summed E-state index contributed by atoms with van der Waals surface area (Å²) in [5.74, 6) is -0.690. The zero-order valence-electron chi connectivity index (χ0n) is 15.3. The molecule has 1 heterocycles. The van der Waals surface area contributed by atoms with Gasteiger partial charge in [-0.25, -0.2) is 4.79 Å². The summed E-state index contributed by atoms with van der Waals surface area (Å²) in [6.07, 6.45) is 0. The number of methoxy groups -OCH3 is 1. The van der Waals surface area contributed by atoms with Crippen LogP contribution < -0.4 is 5.32 Å². The zero-order chi connectivity index (χ0) is 18.6. The van der Waals surface area contributed by atoms with Crippen molar-refractivity contribution in [2.75, 3.05) is 27.7 Å². The van der Waals surface area contributed by atoms with Crippen molar-refractivity contribution in [2.24, 2.45) is 0 Å². The average molecular weight is 343 g/mol. The number of nitrogens with zero attached hydrogens (tertiary/aromatic N) is 1. The predicted octanol–water partition coefficient (Wildman–Crippen LogP) is 2.45. The number of carbonyl (C=O) groups is 2. The molecule has 0 fully saturated rings. The second kappa shape index (κ2) is 7.98. The largest absolute Gasteiger partial charge is 0.465 e. The molecule has 0 radical (unpaired) electrons. The molecule has 0 unspecified atom stereocenters. The van der Waals surface area contributed by atoms with Gasteiger partial charge in [-0.1, -0.05) is 30.3 Å². The Hall–Kier alpha value is -2.60. The SMILES string of the molecule is COC(=O)c1c(C)[nH]c(C(=O)N[C@H](CN(C)C)c2ccccc2)c1C. The van der Waals surface area contributed by atoms with Crippen molar-refractivity contribution in [2.45, 2.75) is 19.9 Å². The predicted molar refractivity (Wildman–Crippen MR) is 96.8 cm³/mol. The third kappa shape index (κ3) is 4.28. The number of hydrogen-bond donors (Lipinski definition) is 2. The number of benzene rings is 1. The first-order valence-corrected chi connectivity index (χ1v) is 8.13. The maximum atomic E-state index is 12.8. The first-order chi connectivity index (χ1) is 11.8. The topological polar surface area (TPSA) is 74.4 Å². The van der Waals surface area contributed by atoms with E-state index in [0.717, 1.165) is 5.56 Å². The molecule has 2 aromatic rings. The van der Waals surface area contributed by atoms with Crippen LogP contribution in [0.5, 0.6) is 0 Å². The van der Waals surface area contributed by atoms with E-state index in [1.54, 1.807) is 13.8 Å². The number of nitrogens with one attached hydrogen (secondary N) is 2. The summed E-state index contributed by atoms with van der Waals surface area (Å²) >= 11 is 0. The fourth-order valence-corrected chi connectivity index (χ4v) is 2.90. The Morgan fingerprint density at radius 2 is 1.84 bits per heavy atom. The normalized spacial score (nSPS) is 12.1. The summed E-state index contributed by atoms with van der Waals surface area (Å²) in [6, 6.07) is 9.66. The molecule has 0 aliphatic carbocycles. The van der Waals surface area contributed by atoms with E-state index >= 15 is 0 Å². The van der Waals surface area contributed by atoms with Gasteiger partial charge in [0.05, 0.1) is 18.7 Å². The number of rotatable bonds is 6. The van der Waals surface area contributed by atoms with E-state index in [1.165, 1.54) is 7.11 Å². The molecule has 0 aliphatic rings. The van der Waals surface area contributed by atoms with Crippen LogP contribution in [-0.4, -0.2) is 49.5 Å². The molecule has 6 heteroatoms. The molecular formula is C19H25N3O3. The van der Waals surface area contributed by atoms with Crippen molar-refractivity contribution in [3.05, 3.63) is 58.4 Å². The summed E-state index contributed by atoms with van der Waals surface area (Å²) < 4.78 is 4.80. The second-order valence-corrected chi connectivity index (χ2v) is 6.32. The second-order valence-electron chi connectivity index (χ2n) is 6.32. The smallest absolute Gasteiger partial charge is 0.339 e. The van der Waals surface area contributed by atoms with Crippen LogP contribution in [0, 0.1) is 13.8 Å². The number of H-pyrrole nitrogens is 1. The van der Waals surface area contributed by atoms with Crippen LogP contribution in [0.2, 0.25) is 0 Å². The molecule has 0 saturated heterocycles. The number of ether oxygens (including phenoxy) is 1. The maximum absolute atomic E-state index is 12.8. The van der Waals surface area contributed by atoms with Gasteiger partial charge < -0.3 is 19.9 Å². The Balaban J connectivity index is 2.29. The fourth-order valence-electron chi connectivity index (χ4n) is 2.90. The molecule has 134 valence electrons. The van der Waals surface area contributed by atoms with Crippen LogP contribution in [-0.2, 0) is 4.74 Å². The minimum absolute atomic E-state index is 0.159. The number of aromatic nitrogens is 1. The third-order valence-electron chi connectivity index (χ3n) is 4.11. The van der Waals surface area contributed by atoms with Gasteiger partial charge in [0.2, 0.25) is 0 Å². The highest BCUT2D eigenvalue weighted by Crippen LogP contribution is 2.20. The van der Waals surface area contributed by atoms with E-state index in [0.29, 0.717) is 29.1 Å². The minimum atomic E-state index is -0.446. The molecule has 0 saturated carbocycles. The van der Waals surface area contributed by atoms with Crippen molar-refractivity contribution in [3.63, 3.8) is 0 Å². The minimum Gasteiger partial charge on any atom is -0.465 e. The Morgan fingerprint density at radius 3 is 2.40 bits per heavy atom. The standard InChI is InChI=1S/C19H25N3O3/c1-12-16(19(24)25-5)13(2)20-17(12)18(23)21-15(11-22(3)4)14-9-7-6-8-10-14/h6-10,15,20H,11H2,1-5H3,(H,21,23)/t15-/m1/s1. The summed E-state index contributed by atoms with van der Waals surface area (Å²) in [5, 5.41) is 3.06. The van der Waals surface area contributed by atoms with Gasteiger partial charge in [-0.3, -0.25) is 4.79 Å². The fraction of sp³-hybridized carbons (Fsp3) is 0.368. The van der Waals surface area contributed by atoms with E-state index in [4.69, 9.17) is 4.74 Å². The molecule has 0 aliphatic heterocycles. The van der Waals surface area contributed by atoms with Crippen LogP contribution in [0.1, 0.15) is 43.7 Å². The lowest BCUT2D eigenvalue weighted by Crippen LogP contribution is -2.35. The number of amides is 1. The Morgan fingerprint density at radius 1 is 1.20 bits per heavy atom. The molecule has 1 aromatic heterocycles. The van der Waals surface area contributed by atoms with Crippen molar-refractivity contribution >= 4 is 11.9 Å². The highest BCUT2D eigenvalue weighted by atomic mass is 16.5. The molecule has 1 amide bonds. The maximum Gasteiger partial charge on any atom is 0.339 e. The molecule has 6 nitrogen and oxygen atoms in total. The van der Waals surface area contributed by atoms with Crippen LogP contribution in [0.15, 0.2) is 30.3 Å². The lowest BCUT2D eigenvalue weighted by atomic mass is 10.1.